The lowest BCUT2D eigenvalue weighted by Crippen LogP contribution is -2.43. The maximum atomic E-state index is 9.96. The molecule has 0 radical (unpaired) electrons. The molecule has 7 heteroatoms. The van der Waals surface area contributed by atoms with Crippen LogP contribution >= 0.6 is 11.6 Å². The van der Waals surface area contributed by atoms with E-state index in [9.17, 15) is 10.4 Å². The highest BCUT2D eigenvalue weighted by atomic mass is 35.5. The zero-order valence-electron chi connectivity index (χ0n) is 16.2. The van der Waals surface area contributed by atoms with Crippen molar-refractivity contribution in [1.29, 1.82) is 5.26 Å². The monoisotopic (exact) mass is 399 g/mol. The highest BCUT2D eigenvalue weighted by molar-refractivity contribution is 6.30. The fraction of sp³-hybridized carbons (Fsp3) is 0.476. The van der Waals surface area contributed by atoms with Crippen molar-refractivity contribution in [2.75, 3.05) is 17.2 Å². The van der Waals surface area contributed by atoms with Gasteiger partial charge in [0.25, 0.3) is 0 Å². The maximum Gasteiger partial charge on any atom is 0.224 e. The predicted octanol–water partition coefficient (Wildman–Crippen LogP) is 4.01. The van der Waals surface area contributed by atoms with Gasteiger partial charge in [0.15, 0.2) is 0 Å². The second-order valence-electron chi connectivity index (χ2n) is 8.00. The number of nitrogens with one attached hydrogen (secondary N) is 2. The number of rotatable bonds is 6. The molecule has 0 unspecified atom stereocenters. The molecular formula is C21H26ClN5O. The van der Waals surface area contributed by atoms with Gasteiger partial charge in [-0.2, -0.15) is 10.2 Å². The number of nitrogens with zero attached hydrogens (tertiary/aromatic N) is 3. The molecule has 3 rings (SSSR count). The SMILES string of the molecule is CC1(C)C[C@@H](O)CC[C@H]1Nc1nc(NCCc2cccc(Cl)c2)ncc1C#N. The summed E-state index contributed by atoms with van der Waals surface area (Å²) in [4.78, 5) is 8.78. The van der Waals surface area contributed by atoms with Crippen LogP contribution in [-0.4, -0.2) is 33.8 Å². The number of anilines is 2. The number of aliphatic hydroxyl groups excluding tert-OH is 1. The lowest BCUT2D eigenvalue weighted by atomic mass is 9.72. The number of benzene rings is 1. The second-order valence-corrected chi connectivity index (χ2v) is 8.43. The Hall–Kier alpha value is -2.36. The van der Waals surface area contributed by atoms with Crippen LogP contribution in [0.15, 0.2) is 30.5 Å². The maximum absolute atomic E-state index is 9.96. The van der Waals surface area contributed by atoms with Crippen molar-refractivity contribution in [3.8, 4) is 6.07 Å². The third-order valence-electron chi connectivity index (χ3n) is 5.30. The van der Waals surface area contributed by atoms with Crippen molar-refractivity contribution >= 4 is 23.4 Å². The molecule has 148 valence electrons. The van der Waals surface area contributed by atoms with Gasteiger partial charge >= 0.3 is 0 Å². The Labute approximate surface area is 171 Å². The van der Waals surface area contributed by atoms with Crippen LogP contribution in [0, 0.1) is 16.7 Å². The summed E-state index contributed by atoms with van der Waals surface area (Å²) in [7, 11) is 0. The number of hydrogen-bond donors (Lipinski definition) is 3. The second kappa shape index (κ2) is 8.76. The summed E-state index contributed by atoms with van der Waals surface area (Å²) in [6.45, 7) is 4.92. The van der Waals surface area contributed by atoms with Crippen LogP contribution in [0.3, 0.4) is 0 Å². The number of nitriles is 1. The minimum atomic E-state index is -0.266. The van der Waals surface area contributed by atoms with E-state index in [1.54, 1.807) is 6.20 Å². The molecule has 1 aliphatic carbocycles. The number of aliphatic hydroxyl groups is 1. The average Bonchev–Trinajstić information content (AvgIpc) is 2.64. The van der Waals surface area contributed by atoms with Gasteiger partial charge in [-0.25, -0.2) is 4.98 Å². The first-order chi connectivity index (χ1) is 13.4. The first kappa shape index (κ1) is 20.4. The topological polar surface area (TPSA) is 93.9 Å². The smallest absolute Gasteiger partial charge is 0.224 e. The van der Waals surface area contributed by atoms with E-state index in [1.165, 1.54) is 0 Å². The van der Waals surface area contributed by atoms with Crippen molar-refractivity contribution in [2.45, 2.75) is 51.7 Å². The van der Waals surface area contributed by atoms with E-state index in [4.69, 9.17) is 11.6 Å². The highest BCUT2D eigenvalue weighted by Gasteiger charge is 2.36. The Morgan fingerprint density at radius 1 is 1.36 bits per heavy atom. The Morgan fingerprint density at radius 3 is 2.89 bits per heavy atom. The molecule has 0 bridgehead atoms. The molecule has 1 aromatic carbocycles. The van der Waals surface area contributed by atoms with Crippen molar-refractivity contribution in [1.82, 2.24) is 9.97 Å². The van der Waals surface area contributed by atoms with Gasteiger partial charge in [-0.3, -0.25) is 0 Å². The Balaban J connectivity index is 1.67. The minimum Gasteiger partial charge on any atom is -0.393 e. The van der Waals surface area contributed by atoms with Crippen molar-refractivity contribution < 1.29 is 5.11 Å². The lowest BCUT2D eigenvalue weighted by molar-refractivity contribution is 0.0572. The average molecular weight is 400 g/mol. The molecule has 1 aliphatic rings. The summed E-state index contributed by atoms with van der Waals surface area (Å²) in [6.07, 6.45) is 4.38. The van der Waals surface area contributed by atoms with E-state index in [1.807, 2.05) is 24.3 Å². The summed E-state index contributed by atoms with van der Waals surface area (Å²) in [5.41, 5.74) is 1.46. The van der Waals surface area contributed by atoms with Gasteiger partial charge in [0.05, 0.1) is 12.3 Å². The highest BCUT2D eigenvalue weighted by Crippen LogP contribution is 2.37. The fourth-order valence-corrected chi connectivity index (χ4v) is 3.92. The quantitative estimate of drug-likeness (QED) is 0.679. The molecule has 2 atom stereocenters. The number of aromatic nitrogens is 2. The fourth-order valence-electron chi connectivity index (χ4n) is 3.70. The third-order valence-corrected chi connectivity index (χ3v) is 5.53. The van der Waals surface area contributed by atoms with Crippen molar-refractivity contribution in [3.63, 3.8) is 0 Å². The van der Waals surface area contributed by atoms with Crippen molar-refractivity contribution in [2.24, 2.45) is 5.41 Å². The van der Waals surface area contributed by atoms with Gasteiger partial charge in [0.2, 0.25) is 5.95 Å². The molecule has 0 spiro atoms. The zero-order chi connectivity index (χ0) is 20.1. The van der Waals surface area contributed by atoms with Crippen LogP contribution in [0.5, 0.6) is 0 Å². The molecule has 0 saturated heterocycles. The molecule has 1 aromatic heterocycles. The van der Waals surface area contributed by atoms with E-state index < -0.39 is 0 Å². The molecule has 1 fully saturated rings. The molecule has 6 nitrogen and oxygen atoms in total. The van der Waals surface area contributed by atoms with Crippen molar-refractivity contribution in [3.05, 3.63) is 46.6 Å². The first-order valence-electron chi connectivity index (χ1n) is 9.57. The zero-order valence-corrected chi connectivity index (χ0v) is 17.0. The van der Waals surface area contributed by atoms with E-state index in [0.29, 0.717) is 23.9 Å². The molecule has 0 amide bonds. The Bertz CT molecular complexity index is 864. The van der Waals surface area contributed by atoms with Gasteiger partial charge in [-0.15, -0.1) is 0 Å². The first-order valence-corrected chi connectivity index (χ1v) is 9.95. The normalized spacial score (nSPS) is 21.0. The van der Waals surface area contributed by atoms with Gasteiger partial charge < -0.3 is 15.7 Å². The Kier molecular flexibility index (Phi) is 6.38. The standard InChI is InChI=1S/C21H26ClN5O/c1-21(2)11-17(28)6-7-18(21)26-19-15(12-23)13-25-20(27-19)24-9-8-14-4-3-5-16(22)10-14/h3-5,10,13,17-18,28H,6-9,11H2,1-2H3,(H2,24,25,26,27)/t17-,18+/m0/s1. The van der Waals surface area contributed by atoms with E-state index in [0.717, 1.165) is 36.3 Å². The molecule has 1 saturated carbocycles. The van der Waals surface area contributed by atoms with E-state index in [2.05, 4.69) is 40.5 Å². The molecule has 2 aromatic rings. The molecule has 28 heavy (non-hydrogen) atoms. The molecule has 3 N–H and O–H groups in total. The number of halogens is 1. The Morgan fingerprint density at radius 2 is 2.18 bits per heavy atom. The van der Waals surface area contributed by atoms with E-state index in [-0.39, 0.29) is 17.6 Å². The summed E-state index contributed by atoms with van der Waals surface area (Å²) < 4.78 is 0. The van der Waals surface area contributed by atoms with Crippen LogP contribution in [0.2, 0.25) is 5.02 Å². The van der Waals surface area contributed by atoms with Gasteiger partial charge in [0.1, 0.15) is 17.5 Å². The van der Waals surface area contributed by atoms with Gasteiger partial charge in [-0.1, -0.05) is 37.6 Å². The van der Waals surface area contributed by atoms with Crippen LogP contribution in [0.1, 0.15) is 44.2 Å². The molecular weight excluding hydrogens is 374 g/mol. The van der Waals surface area contributed by atoms with E-state index >= 15 is 0 Å². The number of hydrogen-bond acceptors (Lipinski definition) is 6. The minimum absolute atomic E-state index is 0.0878. The van der Waals surface area contributed by atoms with Crippen LogP contribution < -0.4 is 10.6 Å². The summed E-state index contributed by atoms with van der Waals surface area (Å²) >= 11 is 6.02. The van der Waals surface area contributed by atoms with Crippen LogP contribution in [0.25, 0.3) is 0 Å². The summed E-state index contributed by atoms with van der Waals surface area (Å²) in [6, 6.07) is 10.0. The van der Waals surface area contributed by atoms with Crippen LogP contribution in [-0.2, 0) is 6.42 Å². The van der Waals surface area contributed by atoms with Gasteiger partial charge in [-0.05, 0) is 48.8 Å². The summed E-state index contributed by atoms with van der Waals surface area (Å²) in [5.74, 6) is 1.02. The molecule has 1 heterocycles. The third kappa shape index (κ3) is 5.12. The summed E-state index contributed by atoms with van der Waals surface area (Å²) in [5, 5.41) is 26.7. The van der Waals surface area contributed by atoms with Crippen LogP contribution in [0.4, 0.5) is 11.8 Å². The van der Waals surface area contributed by atoms with Gasteiger partial charge in [0, 0.05) is 17.6 Å². The lowest BCUT2D eigenvalue weighted by Gasteiger charge is -2.41. The predicted molar refractivity (Wildman–Crippen MR) is 111 cm³/mol. The molecule has 0 aliphatic heterocycles. The largest absolute Gasteiger partial charge is 0.393 e.